The van der Waals surface area contributed by atoms with Gasteiger partial charge in [0.05, 0.1) is 5.69 Å². The zero-order chi connectivity index (χ0) is 22.9. The highest BCUT2D eigenvalue weighted by Crippen LogP contribution is 2.28. The molecule has 0 atom stereocenters. The van der Waals surface area contributed by atoms with Gasteiger partial charge in [0, 0.05) is 22.0 Å². The summed E-state index contributed by atoms with van der Waals surface area (Å²) in [4.78, 5) is 20.4. The summed E-state index contributed by atoms with van der Waals surface area (Å²) in [7, 11) is 0. The van der Waals surface area contributed by atoms with Gasteiger partial charge in [0.2, 0.25) is 5.95 Å². The maximum absolute atomic E-state index is 11.7. The van der Waals surface area contributed by atoms with E-state index in [0.29, 0.717) is 10.7 Å². The lowest BCUT2D eigenvalue weighted by atomic mass is 10.0. The number of aryl methyl sites for hydroxylation is 2. The van der Waals surface area contributed by atoms with Crippen LogP contribution >= 0.6 is 11.6 Å². The number of benzene rings is 2. The quantitative estimate of drug-likeness (QED) is 0.470. The molecule has 0 radical (unpaired) electrons. The summed E-state index contributed by atoms with van der Waals surface area (Å²) in [5.41, 5.74) is 11.4. The second-order valence-electron chi connectivity index (χ2n) is 7.19. The smallest absolute Gasteiger partial charge is 0.412 e. The second kappa shape index (κ2) is 11.2. The summed E-state index contributed by atoms with van der Waals surface area (Å²) in [6.07, 6.45) is 2.01. The summed E-state index contributed by atoms with van der Waals surface area (Å²) in [5.74, 6) is 5.60. The first-order valence-electron chi connectivity index (χ1n) is 10.3. The molecule has 1 amide bonds. The molecule has 0 aliphatic carbocycles. The summed E-state index contributed by atoms with van der Waals surface area (Å²) in [5, 5.41) is 3.37. The van der Waals surface area contributed by atoms with Gasteiger partial charge in [-0.2, -0.15) is 0 Å². The van der Waals surface area contributed by atoms with Crippen LogP contribution in [0.2, 0.25) is 5.02 Å². The van der Waals surface area contributed by atoms with Gasteiger partial charge < -0.3 is 10.5 Å². The number of anilines is 2. The topological polar surface area (TPSA) is 90.1 Å². The number of ether oxygens (including phenoxy) is 1. The highest BCUT2D eigenvalue weighted by atomic mass is 35.5. The number of hydrogen-bond acceptors (Lipinski definition) is 5. The van der Waals surface area contributed by atoms with Gasteiger partial charge in [-0.3, -0.25) is 5.32 Å². The van der Waals surface area contributed by atoms with Crippen LogP contribution in [-0.2, 0) is 17.6 Å². The maximum Gasteiger partial charge on any atom is 0.412 e. The van der Waals surface area contributed by atoms with E-state index in [1.165, 1.54) is 0 Å². The Labute approximate surface area is 193 Å². The molecule has 1 aromatic heterocycles. The molecule has 0 unspecified atom stereocenters. The molecule has 0 spiro atoms. The standard InChI is InChI=1S/C25H25ClN4O2/c1-3-4-15-32-25(31)29-19-13-11-18(12-14-19)7-5-8-20-16-23(30-24(27)28-20)21-9-6-10-22(26)17(21)2/h6,9-14,16H,5,7-8,15H2,1-2H3,(H,29,31)(H2,27,28,30). The maximum atomic E-state index is 11.7. The Morgan fingerprint density at radius 2 is 1.94 bits per heavy atom. The number of nitrogens with one attached hydrogen (secondary N) is 1. The molecule has 0 aliphatic heterocycles. The minimum absolute atomic E-state index is 0.0760. The van der Waals surface area contributed by atoms with Crippen molar-refractivity contribution in [1.29, 1.82) is 0 Å². The first kappa shape index (κ1) is 23.1. The Hall–Kier alpha value is -3.56. The summed E-state index contributed by atoms with van der Waals surface area (Å²) in [6.45, 7) is 3.73. The molecule has 1 heterocycles. The van der Waals surface area contributed by atoms with Crippen molar-refractivity contribution in [3.05, 3.63) is 70.4 Å². The summed E-state index contributed by atoms with van der Waals surface area (Å²) < 4.78 is 4.94. The van der Waals surface area contributed by atoms with E-state index in [1.807, 2.05) is 55.5 Å². The Balaban J connectivity index is 1.57. The number of carbonyl (C=O) groups is 1. The highest BCUT2D eigenvalue weighted by molar-refractivity contribution is 6.31. The van der Waals surface area contributed by atoms with Gasteiger partial charge in [0.15, 0.2) is 6.61 Å². The van der Waals surface area contributed by atoms with Crippen molar-refractivity contribution < 1.29 is 9.53 Å². The van der Waals surface area contributed by atoms with Gasteiger partial charge in [0.1, 0.15) is 0 Å². The van der Waals surface area contributed by atoms with Gasteiger partial charge >= 0.3 is 6.09 Å². The van der Waals surface area contributed by atoms with E-state index in [-0.39, 0.29) is 12.6 Å². The Morgan fingerprint density at radius 3 is 2.69 bits per heavy atom. The Morgan fingerprint density at radius 1 is 1.16 bits per heavy atom. The van der Waals surface area contributed by atoms with E-state index in [2.05, 4.69) is 27.1 Å². The van der Waals surface area contributed by atoms with Crippen LogP contribution in [0.5, 0.6) is 0 Å². The van der Waals surface area contributed by atoms with Crippen molar-refractivity contribution >= 4 is 29.3 Å². The van der Waals surface area contributed by atoms with E-state index >= 15 is 0 Å². The van der Waals surface area contributed by atoms with E-state index in [4.69, 9.17) is 22.1 Å². The number of nitrogens with zero attached hydrogens (tertiary/aromatic N) is 2. The molecule has 0 bridgehead atoms. The molecule has 3 N–H and O–H groups in total. The molecule has 0 fully saturated rings. The van der Waals surface area contributed by atoms with Crippen LogP contribution in [0.25, 0.3) is 11.3 Å². The van der Waals surface area contributed by atoms with Crippen molar-refractivity contribution in [1.82, 2.24) is 9.97 Å². The number of nitrogens with two attached hydrogens (primary N) is 1. The van der Waals surface area contributed by atoms with Gasteiger partial charge in [-0.15, -0.1) is 5.92 Å². The van der Waals surface area contributed by atoms with Crippen molar-refractivity contribution in [2.24, 2.45) is 0 Å². The highest BCUT2D eigenvalue weighted by Gasteiger charge is 2.10. The van der Waals surface area contributed by atoms with Crippen LogP contribution < -0.4 is 11.1 Å². The third-order valence-electron chi connectivity index (χ3n) is 4.89. The van der Waals surface area contributed by atoms with Crippen LogP contribution in [0.3, 0.4) is 0 Å². The van der Waals surface area contributed by atoms with Gasteiger partial charge in [-0.05, 0) is 68.5 Å². The number of nitrogen functional groups attached to an aromatic ring is 1. The molecule has 0 saturated heterocycles. The fourth-order valence-corrected chi connectivity index (χ4v) is 3.40. The molecule has 2 aromatic carbocycles. The average Bonchev–Trinajstić information content (AvgIpc) is 2.77. The summed E-state index contributed by atoms with van der Waals surface area (Å²) in [6, 6.07) is 15.4. The van der Waals surface area contributed by atoms with Crippen molar-refractivity contribution in [2.75, 3.05) is 17.7 Å². The van der Waals surface area contributed by atoms with Gasteiger partial charge in [-0.1, -0.05) is 41.8 Å². The van der Waals surface area contributed by atoms with Crippen molar-refractivity contribution in [3.8, 4) is 23.1 Å². The molecule has 164 valence electrons. The minimum Gasteiger partial charge on any atom is -0.436 e. The largest absolute Gasteiger partial charge is 0.436 e. The van der Waals surface area contributed by atoms with Crippen LogP contribution in [0, 0.1) is 18.8 Å². The Kier molecular flexibility index (Phi) is 8.07. The van der Waals surface area contributed by atoms with Crippen LogP contribution in [0.4, 0.5) is 16.4 Å². The lowest BCUT2D eigenvalue weighted by Gasteiger charge is -2.10. The van der Waals surface area contributed by atoms with E-state index < -0.39 is 6.09 Å². The molecule has 7 heteroatoms. The fourth-order valence-electron chi connectivity index (χ4n) is 3.23. The molecule has 6 nitrogen and oxygen atoms in total. The molecular weight excluding hydrogens is 424 g/mol. The van der Waals surface area contributed by atoms with E-state index in [1.54, 1.807) is 6.92 Å². The average molecular weight is 449 g/mol. The van der Waals surface area contributed by atoms with Crippen LogP contribution in [0.15, 0.2) is 48.5 Å². The molecule has 0 saturated carbocycles. The van der Waals surface area contributed by atoms with Crippen molar-refractivity contribution in [2.45, 2.75) is 33.1 Å². The van der Waals surface area contributed by atoms with E-state index in [9.17, 15) is 4.79 Å². The summed E-state index contributed by atoms with van der Waals surface area (Å²) >= 11 is 6.25. The minimum atomic E-state index is -0.521. The normalized spacial score (nSPS) is 10.2. The third-order valence-corrected chi connectivity index (χ3v) is 5.30. The van der Waals surface area contributed by atoms with Crippen LogP contribution in [0.1, 0.15) is 30.2 Å². The third kappa shape index (κ3) is 6.47. The fraction of sp³-hybridized carbons (Fsp3) is 0.240. The lowest BCUT2D eigenvalue weighted by Crippen LogP contribution is -2.13. The SMILES string of the molecule is CC#CCOC(=O)Nc1ccc(CCCc2cc(-c3cccc(Cl)c3C)nc(N)n2)cc1. The first-order valence-corrected chi connectivity index (χ1v) is 10.7. The number of rotatable bonds is 7. The van der Waals surface area contributed by atoms with E-state index in [0.717, 1.165) is 47.3 Å². The molecule has 32 heavy (non-hydrogen) atoms. The van der Waals surface area contributed by atoms with Crippen molar-refractivity contribution in [3.63, 3.8) is 0 Å². The van der Waals surface area contributed by atoms with Crippen LogP contribution in [-0.4, -0.2) is 22.7 Å². The number of aromatic nitrogens is 2. The number of hydrogen-bond donors (Lipinski definition) is 2. The molecule has 3 aromatic rings. The van der Waals surface area contributed by atoms with Gasteiger partial charge in [0.25, 0.3) is 0 Å². The lowest BCUT2D eigenvalue weighted by molar-refractivity contribution is 0.176. The first-order chi connectivity index (χ1) is 15.5. The van der Waals surface area contributed by atoms with Gasteiger partial charge in [-0.25, -0.2) is 14.8 Å². The monoisotopic (exact) mass is 448 g/mol. The molecule has 0 aliphatic rings. The zero-order valence-electron chi connectivity index (χ0n) is 18.1. The predicted octanol–water partition coefficient (Wildman–Crippen LogP) is 5.43. The predicted molar refractivity (Wildman–Crippen MR) is 129 cm³/mol. The second-order valence-corrected chi connectivity index (χ2v) is 7.60. The zero-order valence-corrected chi connectivity index (χ0v) is 18.9. The number of amides is 1. The Bertz CT molecular complexity index is 1150. The molecule has 3 rings (SSSR count). The number of carbonyl (C=O) groups excluding carboxylic acids is 1. The molecular formula is C25H25ClN4O2. The number of halogens is 1.